The first-order valence-electron chi connectivity index (χ1n) is 9.26. The number of amides is 1. The second kappa shape index (κ2) is 7.58. The second-order valence-electron chi connectivity index (χ2n) is 7.94. The van der Waals surface area contributed by atoms with Gasteiger partial charge in [-0.2, -0.15) is 0 Å². The molecule has 1 aliphatic heterocycles. The molecule has 2 heterocycles. The molecular weight excluding hydrogens is 324 g/mol. The normalized spacial score (nSPS) is 22.0. The molecule has 0 saturated carbocycles. The molecule has 1 amide bonds. The predicted molar refractivity (Wildman–Crippen MR) is 103 cm³/mol. The molecule has 1 atom stereocenters. The third-order valence-electron chi connectivity index (χ3n) is 5.27. The summed E-state index contributed by atoms with van der Waals surface area (Å²) in [5, 5.41) is 3.07. The van der Waals surface area contributed by atoms with Gasteiger partial charge in [-0.25, -0.2) is 0 Å². The summed E-state index contributed by atoms with van der Waals surface area (Å²) in [5.41, 5.74) is 3.10. The van der Waals surface area contributed by atoms with E-state index in [9.17, 15) is 4.79 Å². The third kappa shape index (κ3) is 4.31. The SMILES string of the molecule is Cc1ccccc1C1(CC(=O)NCc2cccnc2)CCOC(C)(C)C1. The maximum atomic E-state index is 12.8. The molecule has 1 unspecified atom stereocenters. The van der Waals surface area contributed by atoms with Crippen LogP contribution in [0.25, 0.3) is 0 Å². The minimum absolute atomic E-state index is 0.0785. The van der Waals surface area contributed by atoms with Crippen LogP contribution < -0.4 is 5.32 Å². The first-order chi connectivity index (χ1) is 12.4. The largest absolute Gasteiger partial charge is 0.376 e. The van der Waals surface area contributed by atoms with E-state index < -0.39 is 0 Å². The molecule has 4 heteroatoms. The van der Waals surface area contributed by atoms with Crippen molar-refractivity contribution < 1.29 is 9.53 Å². The van der Waals surface area contributed by atoms with E-state index in [2.05, 4.69) is 55.3 Å². The summed E-state index contributed by atoms with van der Waals surface area (Å²) < 4.78 is 5.95. The Labute approximate surface area is 156 Å². The molecule has 1 fully saturated rings. The van der Waals surface area contributed by atoms with Crippen LogP contribution in [0, 0.1) is 6.92 Å². The molecule has 1 aromatic carbocycles. The van der Waals surface area contributed by atoms with Crippen LogP contribution in [0.3, 0.4) is 0 Å². The molecular formula is C22H28N2O2. The zero-order chi connectivity index (χ0) is 18.6. The Kier molecular flexibility index (Phi) is 5.42. The van der Waals surface area contributed by atoms with Crippen LogP contribution in [0.4, 0.5) is 0 Å². The molecule has 0 spiro atoms. The van der Waals surface area contributed by atoms with Gasteiger partial charge in [0.15, 0.2) is 0 Å². The van der Waals surface area contributed by atoms with Gasteiger partial charge in [-0.15, -0.1) is 0 Å². The van der Waals surface area contributed by atoms with Crippen molar-refractivity contribution >= 4 is 5.91 Å². The van der Waals surface area contributed by atoms with E-state index in [1.165, 1.54) is 11.1 Å². The van der Waals surface area contributed by atoms with E-state index in [4.69, 9.17) is 4.74 Å². The number of rotatable bonds is 5. The predicted octanol–water partition coefficient (Wildman–Crippen LogP) is 3.92. The molecule has 3 rings (SSSR count). The van der Waals surface area contributed by atoms with Crippen LogP contribution in [-0.4, -0.2) is 23.1 Å². The first kappa shape index (κ1) is 18.6. The molecule has 0 radical (unpaired) electrons. The lowest BCUT2D eigenvalue weighted by Gasteiger charge is -2.45. The number of hydrogen-bond acceptors (Lipinski definition) is 3. The van der Waals surface area contributed by atoms with Gasteiger partial charge in [0.25, 0.3) is 0 Å². The van der Waals surface area contributed by atoms with Crippen LogP contribution >= 0.6 is 0 Å². The summed E-state index contributed by atoms with van der Waals surface area (Å²) in [6.45, 7) is 7.56. The monoisotopic (exact) mass is 352 g/mol. The van der Waals surface area contributed by atoms with Gasteiger partial charge in [-0.05, 0) is 56.4 Å². The molecule has 26 heavy (non-hydrogen) atoms. The van der Waals surface area contributed by atoms with Crippen molar-refractivity contribution in [2.75, 3.05) is 6.61 Å². The molecule has 0 aliphatic carbocycles. The van der Waals surface area contributed by atoms with E-state index in [0.717, 1.165) is 18.4 Å². The highest BCUT2D eigenvalue weighted by atomic mass is 16.5. The van der Waals surface area contributed by atoms with Gasteiger partial charge < -0.3 is 10.1 Å². The standard InChI is InChI=1S/C22H28N2O2/c1-17-7-4-5-9-19(17)22(10-12-26-21(2,3)16-22)13-20(25)24-15-18-8-6-11-23-14-18/h4-9,11,14H,10,12-13,15-16H2,1-3H3,(H,24,25). The summed E-state index contributed by atoms with van der Waals surface area (Å²) in [5.74, 6) is 0.0785. The Morgan fingerprint density at radius 3 is 2.73 bits per heavy atom. The summed E-state index contributed by atoms with van der Waals surface area (Å²) in [6, 6.07) is 12.3. The van der Waals surface area contributed by atoms with Gasteiger partial charge in [0.2, 0.25) is 5.91 Å². The van der Waals surface area contributed by atoms with Gasteiger partial charge in [0.1, 0.15) is 0 Å². The number of ether oxygens (including phenoxy) is 1. The molecule has 1 aromatic heterocycles. The number of aromatic nitrogens is 1. The number of pyridine rings is 1. The third-order valence-corrected chi connectivity index (χ3v) is 5.27. The van der Waals surface area contributed by atoms with Crippen LogP contribution in [0.1, 0.15) is 49.8 Å². The van der Waals surface area contributed by atoms with Crippen molar-refractivity contribution in [2.45, 2.75) is 57.6 Å². The van der Waals surface area contributed by atoms with Gasteiger partial charge in [-0.1, -0.05) is 30.3 Å². The number of carbonyl (C=O) groups is 1. The van der Waals surface area contributed by atoms with E-state index >= 15 is 0 Å². The Morgan fingerprint density at radius 1 is 1.23 bits per heavy atom. The Bertz CT molecular complexity index is 758. The minimum Gasteiger partial charge on any atom is -0.376 e. The molecule has 4 nitrogen and oxygen atoms in total. The molecule has 2 aromatic rings. The van der Waals surface area contributed by atoms with Crippen molar-refractivity contribution in [2.24, 2.45) is 0 Å². The van der Waals surface area contributed by atoms with Crippen molar-refractivity contribution in [3.63, 3.8) is 0 Å². The lowest BCUT2D eigenvalue weighted by Crippen LogP contribution is -2.46. The fraction of sp³-hybridized carbons (Fsp3) is 0.455. The lowest BCUT2D eigenvalue weighted by atomic mass is 9.66. The lowest BCUT2D eigenvalue weighted by molar-refractivity contribution is -0.126. The van der Waals surface area contributed by atoms with Crippen molar-refractivity contribution in [3.05, 3.63) is 65.5 Å². The number of nitrogens with zero attached hydrogens (tertiary/aromatic N) is 1. The zero-order valence-corrected chi connectivity index (χ0v) is 15.9. The molecule has 0 bridgehead atoms. The fourth-order valence-corrected chi connectivity index (χ4v) is 4.19. The highest BCUT2D eigenvalue weighted by Crippen LogP contribution is 2.45. The quantitative estimate of drug-likeness (QED) is 0.887. The van der Waals surface area contributed by atoms with Gasteiger partial charge in [0, 0.05) is 37.4 Å². The minimum atomic E-state index is -0.232. The van der Waals surface area contributed by atoms with Gasteiger partial charge >= 0.3 is 0 Å². The van der Waals surface area contributed by atoms with Crippen molar-refractivity contribution in [1.29, 1.82) is 0 Å². The summed E-state index contributed by atoms with van der Waals surface area (Å²) >= 11 is 0. The molecule has 1 N–H and O–H groups in total. The van der Waals surface area contributed by atoms with Gasteiger partial charge in [0.05, 0.1) is 5.60 Å². The Hall–Kier alpha value is -2.20. The van der Waals surface area contributed by atoms with E-state index in [1.807, 2.05) is 12.1 Å². The van der Waals surface area contributed by atoms with Crippen molar-refractivity contribution in [1.82, 2.24) is 10.3 Å². The Morgan fingerprint density at radius 2 is 2.04 bits per heavy atom. The number of carbonyl (C=O) groups excluding carboxylic acids is 1. The highest BCUT2D eigenvalue weighted by molar-refractivity contribution is 5.77. The van der Waals surface area contributed by atoms with Crippen LogP contribution in [-0.2, 0) is 21.5 Å². The van der Waals surface area contributed by atoms with E-state index in [0.29, 0.717) is 19.6 Å². The summed E-state index contributed by atoms with van der Waals surface area (Å²) in [6.07, 6.45) is 5.70. The fourth-order valence-electron chi connectivity index (χ4n) is 4.19. The zero-order valence-electron chi connectivity index (χ0n) is 15.9. The topological polar surface area (TPSA) is 51.2 Å². The van der Waals surface area contributed by atoms with Gasteiger partial charge in [-0.3, -0.25) is 9.78 Å². The number of hydrogen-bond donors (Lipinski definition) is 1. The smallest absolute Gasteiger partial charge is 0.221 e. The molecule has 1 aliphatic rings. The average molecular weight is 352 g/mol. The highest BCUT2D eigenvalue weighted by Gasteiger charge is 2.44. The summed E-state index contributed by atoms with van der Waals surface area (Å²) in [4.78, 5) is 16.9. The Balaban J connectivity index is 1.80. The maximum absolute atomic E-state index is 12.8. The van der Waals surface area contributed by atoms with E-state index in [-0.39, 0.29) is 16.9 Å². The van der Waals surface area contributed by atoms with E-state index in [1.54, 1.807) is 12.4 Å². The first-order valence-corrected chi connectivity index (χ1v) is 9.26. The maximum Gasteiger partial charge on any atom is 0.221 e. The number of benzene rings is 1. The molecule has 138 valence electrons. The summed E-state index contributed by atoms with van der Waals surface area (Å²) in [7, 11) is 0. The second-order valence-corrected chi connectivity index (χ2v) is 7.94. The average Bonchev–Trinajstić information content (AvgIpc) is 2.60. The number of nitrogens with one attached hydrogen (secondary N) is 1. The number of aryl methyl sites for hydroxylation is 1. The van der Waals surface area contributed by atoms with Crippen LogP contribution in [0.2, 0.25) is 0 Å². The van der Waals surface area contributed by atoms with Crippen LogP contribution in [0.5, 0.6) is 0 Å². The van der Waals surface area contributed by atoms with Crippen molar-refractivity contribution in [3.8, 4) is 0 Å². The molecule has 1 saturated heterocycles. The van der Waals surface area contributed by atoms with Crippen LogP contribution in [0.15, 0.2) is 48.8 Å².